The molecule has 3 heterocycles. The highest BCUT2D eigenvalue weighted by atomic mass is 32.1. The van der Waals surface area contributed by atoms with Gasteiger partial charge in [0.15, 0.2) is 4.88 Å². The first kappa shape index (κ1) is 20.7. The standard InChI is InChI=1S/C20H14F3N3O4S/c1-28-19(27)18-16(29-10-12-4-2-3-5-15(12)30-20(21,22)23)8-17(31-18)26-11-25-13-6-7-24-9-14(13)26/h2-9,11H,10H2,1H3. The van der Waals surface area contributed by atoms with Crippen molar-refractivity contribution in [2.24, 2.45) is 0 Å². The number of benzene rings is 1. The maximum Gasteiger partial charge on any atom is 0.573 e. The van der Waals surface area contributed by atoms with E-state index >= 15 is 0 Å². The molecule has 0 fully saturated rings. The molecule has 7 nitrogen and oxygen atoms in total. The zero-order valence-electron chi connectivity index (χ0n) is 15.9. The van der Waals surface area contributed by atoms with E-state index in [1.165, 1.54) is 25.3 Å². The minimum absolute atomic E-state index is 0.164. The topological polar surface area (TPSA) is 75.5 Å². The molecular formula is C20H14F3N3O4S. The molecule has 0 aliphatic heterocycles. The number of hydrogen-bond acceptors (Lipinski definition) is 7. The number of ether oxygens (including phenoxy) is 3. The zero-order valence-corrected chi connectivity index (χ0v) is 16.7. The van der Waals surface area contributed by atoms with Gasteiger partial charge in [0, 0.05) is 17.8 Å². The summed E-state index contributed by atoms with van der Waals surface area (Å²) in [5, 5.41) is 0.603. The lowest BCUT2D eigenvalue weighted by molar-refractivity contribution is -0.275. The number of esters is 1. The molecule has 31 heavy (non-hydrogen) atoms. The summed E-state index contributed by atoms with van der Waals surface area (Å²) in [6, 6.07) is 8.96. The molecule has 0 saturated carbocycles. The summed E-state index contributed by atoms with van der Waals surface area (Å²) in [5.41, 5.74) is 1.60. The Kier molecular flexibility index (Phi) is 5.51. The molecule has 0 atom stereocenters. The molecule has 0 radical (unpaired) electrons. The molecule has 0 saturated heterocycles. The Morgan fingerprint density at radius 1 is 1.19 bits per heavy atom. The highest BCUT2D eigenvalue weighted by Gasteiger charge is 2.32. The van der Waals surface area contributed by atoms with Crippen molar-refractivity contribution < 1.29 is 32.2 Å². The molecule has 0 bridgehead atoms. The number of alkyl halides is 3. The number of thiophene rings is 1. The fourth-order valence-corrected chi connectivity index (χ4v) is 3.86. The number of carbonyl (C=O) groups excluding carboxylic acids is 1. The predicted octanol–water partition coefficient (Wildman–Crippen LogP) is 4.75. The van der Waals surface area contributed by atoms with E-state index in [-0.39, 0.29) is 28.5 Å². The van der Waals surface area contributed by atoms with Gasteiger partial charge in [-0.2, -0.15) is 0 Å². The second-order valence-corrected chi connectivity index (χ2v) is 7.22. The number of hydrogen-bond donors (Lipinski definition) is 0. The Labute approximate surface area is 177 Å². The molecule has 1 aromatic carbocycles. The molecule has 0 spiro atoms. The minimum Gasteiger partial charge on any atom is -0.487 e. The van der Waals surface area contributed by atoms with Crippen molar-refractivity contribution in [3.05, 3.63) is 65.6 Å². The molecule has 0 N–H and O–H groups in total. The highest BCUT2D eigenvalue weighted by Crippen LogP contribution is 2.35. The van der Waals surface area contributed by atoms with E-state index in [2.05, 4.69) is 14.7 Å². The van der Waals surface area contributed by atoms with Crippen molar-refractivity contribution >= 4 is 28.3 Å². The van der Waals surface area contributed by atoms with E-state index in [0.717, 1.165) is 16.9 Å². The molecule has 3 aromatic heterocycles. The third-order valence-corrected chi connectivity index (χ3v) is 5.32. The Hall–Kier alpha value is -3.60. The Bertz CT molecular complexity index is 1240. The number of para-hydroxylation sites is 1. The molecule has 0 unspecified atom stereocenters. The van der Waals surface area contributed by atoms with Crippen LogP contribution in [-0.2, 0) is 11.3 Å². The lowest BCUT2D eigenvalue weighted by Gasteiger charge is -2.13. The van der Waals surface area contributed by atoms with Gasteiger partial charge < -0.3 is 14.2 Å². The van der Waals surface area contributed by atoms with Crippen LogP contribution < -0.4 is 9.47 Å². The smallest absolute Gasteiger partial charge is 0.487 e. The first-order valence-corrected chi connectivity index (χ1v) is 9.63. The van der Waals surface area contributed by atoms with Crippen molar-refractivity contribution in [1.29, 1.82) is 0 Å². The number of halogens is 3. The normalized spacial score (nSPS) is 11.5. The van der Waals surface area contributed by atoms with E-state index in [1.54, 1.807) is 41.5 Å². The van der Waals surface area contributed by atoms with E-state index in [4.69, 9.17) is 9.47 Å². The van der Waals surface area contributed by atoms with Crippen molar-refractivity contribution in [3.8, 4) is 16.5 Å². The summed E-state index contributed by atoms with van der Waals surface area (Å²) < 4.78 is 54.3. The summed E-state index contributed by atoms with van der Waals surface area (Å²) in [7, 11) is 1.23. The maximum absolute atomic E-state index is 12.7. The zero-order chi connectivity index (χ0) is 22.0. The second-order valence-electron chi connectivity index (χ2n) is 6.19. The number of imidazole rings is 1. The molecule has 0 aliphatic rings. The molecule has 11 heteroatoms. The second kappa shape index (κ2) is 8.26. The van der Waals surface area contributed by atoms with Gasteiger partial charge in [0.05, 0.1) is 24.3 Å². The number of nitrogens with zero attached hydrogens (tertiary/aromatic N) is 3. The number of fused-ring (bicyclic) bond motifs is 1. The van der Waals surface area contributed by atoms with Crippen LogP contribution in [0, 0.1) is 0 Å². The lowest BCUT2D eigenvalue weighted by atomic mass is 10.2. The van der Waals surface area contributed by atoms with E-state index in [0.29, 0.717) is 10.5 Å². The van der Waals surface area contributed by atoms with Crippen LogP contribution in [0.3, 0.4) is 0 Å². The van der Waals surface area contributed by atoms with Crippen molar-refractivity contribution in [2.45, 2.75) is 13.0 Å². The van der Waals surface area contributed by atoms with Crippen molar-refractivity contribution in [2.75, 3.05) is 7.11 Å². The minimum atomic E-state index is -4.83. The highest BCUT2D eigenvalue weighted by molar-refractivity contribution is 7.16. The van der Waals surface area contributed by atoms with Gasteiger partial charge in [-0.3, -0.25) is 9.55 Å². The fourth-order valence-electron chi connectivity index (χ4n) is 2.86. The molecule has 160 valence electrons. The van der Waals surface area contributed by atoms with Gasteiger partial charge >= 0.3 is 12.3 Å². The molecule has 0 amide bonds. The number of methoxy groups -OCH3 is 1. The van der Waals surface area contributed by atoms with Gasteiger partial charge in [-0.1, -0.05) is 18.2 Å². The van der Waals surface area contributed by atoms with Crippen LogP contribution in [0.2, 0.25) is 0 Å². The average Bonchev–Trinajstić information content (AvgIpc) is 3.35. The monoisotopic (exact) mass is 449 g/mol. The van der Waals surface area contributed by atoms with Crippen molar-refractivity contribution in [3.63, 3.8) is 0 Å². The van der Waals surface area contributed by atoms with E-state index < -0.39 is 12.3 Å². The van der Waals surface area contributed by atoms with Crippen LogP contribution in [-0.4, -0.2) is 34.0 Å². The quantitative estimate of drug-likeness (QED) is 0.396. The van der Waals surface area contributed by atoms with Crippen LogP contribution in [0.25, 0.3) is 16.0 Å². The van der Waals surface area contributed by atoms with Crippen LogP contribution in [0.5, 0.6) is 11.5 Å². The Morgan fingerprint density at radius 3 is 2.77 bits per heavy atom. The van der Waals surface area contributed by atoms with Gasteiger partial charge in [0.25, 0.3) is 0 Å². The molecule has 4 rings (SSSR count). The van der Waals surface area contributed by atoms with Gasteiger partial charge in [-0.15, -0.1) is 24.5 Å². The number of pyridine rings is 1. The van der Waals surface area contributed by atoms with Gasteiger partial charge in [-0.05, 0) is 12.1 Å². The summed E-state index contributed by atoms with van der Waals surface area (Å²) >= 11 is 1.10. The van der Waals surface area contributed by atoms with Crippen LogP contribution in [0.15, 0.2) is 55.1 Å². The fraction of sp³-hybridized carbons (Fsp3) is 0.150. The summed E-state index contributed by atoms with van der Waals surface area (Å²) in [6.07, 6.45) is -0.0110. The first-order chi connectivity index (χ1) is 14.9. The van der Waals surface area contributed by atoms with Crippen LogP contribution in [0.4, 0.5) is 13.2 Å². The van der Waals surface area contributed by atoms with Gasteiger partial charge in [0.2, 0.25) is 0 Å². The largest absolute Gasteiger partial charge is 0.573 e. The molecule has 4 aromatic rings. The number of aromatic nitrogens is 3. The predicted molar refractivity (Wildman–Crippen MR) is 106 cm³/mol. The lowest BCUT2D eigenvalue weighted by Crippen LogP contribution is -2.18. The first-order valence-electron chi connectivity index (χ1n) is 8.82. The maximum atomic E-state index is 12.7. The van der Waals surface area contributed by atoms with E-state index in [1.807, 2.05) is 0 Å². The average molecular weight is 449 g/mol. The molecular weight excluding hydrogens is 435 g/mol. The summed E-state index contributed by atoms with van der Waals surface area (Å²) in [4.78, 5) is 20.8. The van der Waals surface area contributed by atoms with Crippen molar-refractivity contribution in [1.82, 2.24) is 14.5 Å². The number of carbonyl (C=O) groups is 1. The van der Waals surface area contributed by atoms with Crippen LogP contribution in [0.1, 0.15) is 15.2 Å². The SMILES string of the molecule is COC(=O)c1sc(-n2cnc3ccncc32)cc1OCc1ccccc1OC(F)(F)F. The third-order valence-electron chi connectivity index (χ3n) is 4.22. The van der Waals surface area contributed by atoms with Gasteiger partial charge in [-0.25, -0.2) is 9.78 Å². The third kappa shape index (κ3) is 4.45. The summed E-state index contributed by atoms with van der Waals surface area (Å²) in [5.74, 6) is -0.843. The summed E-state index contributed by atoms with van der Waals surface area (Å²) in [6.45, 7) is -0.251. The Morgan fingerprint density at radius 2 is 2.00 bits per heavy atom. The van der Waals surface area contributed by atoms with Gasteiger partial charge in [0.1, 0.15) is 29.4 Å². The molecule has 0 aliphatic carbocycles. The van der Waals surface area contributed by atoms with E-state index in [9.17, 15) is 18.0 Å². The van der Waals surface area contributed by atoms with Crippen LogP contribution >= 0.6 is 11.3 Å². The number of rotatable bonds is 6. The Balaban J connectivity index is 1.65.